The van der Waals surface area contributed by atoms with Gasteiger partial charge < -0.3 is 15.3 Å². The molecule has 0 spiro atoms. The Balaban J connectivity index is 1.74. The highest BCUT2D eigenvalue weighted by Gasteiger charge is 2.16. The maximum atomic E-state index is 6.45. The first-order chi connectivity index (χ1) is 14.7. The maximum Gasteiger partial charge on any atom is 0.126 e. The fourth-order valence-electron chi connectivity index (χ4n) is 4.41. The Bertz CT molecular complexity index is 1330. The first-order valence-corrected chi connectivity index (χ1v) is 10.1. The van der Waals surface area contributed by atoms with Crippen molar-refractivity contribution < 1.29 is 9.47 Å². The van der Waals surface area contributed by atoms with Crippen LogP contribution in [0.25, 0.3) is 38.5 Å². The van der Waals surface area contributed by atoms with Crippen molar-refractivity contribution in [2.24, 2.45) is 0 Å². The minimum absolute atomic E-state index is 0.859. The first-order valence-electron chi connectivity index (χ1n) is 10.1. The molecule has 0 fully saturated rings. The zero-order valence-electron chi connectivity index (χ0n) is 17.2. The Labute approximate surface area is 175 Å². The van der Waals surface area contributed by atoms with Gasteiger partial charge in [-0.1, -0.05) is 36.4 Å². The lowest BCUT2D eigenvalue weighted by Crippen LogP contribution is -2.06. The second kappa shape index (κ2) is 7.30. The number of nitrogens with zero attached hydrogens (tertiary/aromatic N) is 1. The van der Waals surface area contributed by atoms with Crippen LogP contribution in [0.5, 0.6) is 5.75 Å². The summed E-state index contributed by atoms with van der Waals surface area (Å²) in [5.74, 6) is 8.24. The standard InChI is InChI=1S/C26H24N2O2/c1-29-25-9-5-3-7-19(25)17-11-13-23-21(15-17)22-16-18(12-14-24(22)28(23)27)20-8-4-6-10-26(20)30-2/h3,5-7,9-16H,4,8,27H2,1-2H3. The number of ether oxygens (including phenoxy) is 2. The van der Waals surface area contributed by atoms with Gasteiger partial charge in [0.15, 0.2) is 0 Å². The lowest BCUT2D eigenvalue weighted by molar-refractivity contribution is 0.306. The average Bonchev–Trinajstić information content (AvgIpc) is 3.09. The van der Waals surface area contributed by atoms with E-state index in [0.717, 1.165) is 57.3 Å². The highest BCUT2D eigenvalue weighted by molar-refractivity contribution is 6.10. The molecular formula is C26H24N2O2. The van der Waals surface area contributed by atoms with Gasteiger partial charge in [0.25, 0.3) is 0 Å². The first kappa shape index (κ1) is 18.4. The molecule has 0 atom stereocenters. The molecule has 150 valence electrons. The number of aromatic nitrogens is 1. The van der Waals surface area contributed by atoms with E-state index in [-0.39, 0.29) is 0 Å². The van der Waals surface area contributed by atoms with Crippen LogP contribution in [-0.2, 0) is 4.74 Å². The van der Waals surface area contributed by atoms with Crippen molar-refractivity contribution in [2.75, 3.05) is 20.1 Å². The van der Waals surface area contributed by atoms with Crippen molar-refractivity contribution in [3.63, 3.8) is 0 Å². The molecule has 3 aromatic carbocycles. The van der Waals surface area contributed by atoms with Gasteiger partial charge in [0.05, 0.1) is 25.3 Å². The number of allylic oxidation sites excluding steroid dienone is 3. The summed E-state index contributed by atoms with van der Waals surface area (Å²) in [6.07, 6.45) is 6.22. The van der Waals surface area contributed by atoms with Gasteiger partial charge in [-0.3, -0.25) is 4.68 Å². The van der Waals surface area contributed by atoms with Crippen molar-refractivity contribution >= 4 is 27.4 Å². The Kier molecular flexibility index (Phi) is 4.47. The van der Waals surface area contributed by atoms with Crippen LogP contribution in [0.2, 0.25) is 0 Å². The Hall–Kier alpha value is -3.66. The summed E-state index contributed by atoms with van der Waals surface area (Å²) < 4.78 is 13.0. The van der Waals surface area contributed by atoms with Crippen molar-refractivity contribution in [3.05, 3.63) is 84.1 Å². The summed E-state index contributed by atoms with van der Waals surface area (Å²) >= 11 is 0. The quantitative estimate of drug-likeness (QED) is 0.438. The molecule has 0 bridgehead atoms. The number of nitrogen functional groups attached to an aromatic ring is 1. The molecular weight excluding hydrogens is 372 g/mol. The number of hydrogen-bond donors (Lipinski definition) is 1. The number of benzene rings is 3. The highest BCUT2D eigenvalue weighted by atomic mass is 16.5. The van der Waals surface area contributed by atoms with Gasteiger partial charge in [0.1, 0.15) is 11.5 Å². The SMILES string of the molecule is COC1=C(c2ccc3c(c2)c2cc(-c4ccccc4OC)ccc2n3N)CCC=C1. The van der Waals surface area contributed by atoms with Crippen molar-refractivity contribution in [1.29, 1.82) is 0 Å². The molecule has 0 saturated heterocycles. The minimum atomic E-state index is 0.859. The normalized spacial score (nSPS) is 13.9. The second-order valence-electron chi connectivity index (χ2n) is 7.52. The van der Waals surface area contributed by atoms with E-state index < -0.39 is 0 Å². The van der Waals surface area contributed by atoms with E-state index in [9.17, 15) is 0 Å². The van der Waals surface area contributed by atoms with Crippen molar-refractivity contribution in [1.82, 2.24) is 4.68 Å². The van der Waals surface area contributed by atoms with Gasteiger partial charge in [0, 0.05) is 21.9 Å². The minimum Gasteiger partial charge on any atom is -0.496 e. The topological polar surface area (TPSA) is 49.4 Å². The predicted molar refractivity (Wildman–Crippen MR) is 124 cm³/mol. The Morgan fingerprint density at radius 1 is 0.833 bits per heavy atom. The number of rotatable bonds is 4. The number of fused-ring (bicyclic) bond motifs is 3. The molecule has 0 amide bonds. The number of para-hydroxylation sites is 1. The van der Waals surface area contributed by atoms with E-state index in [4.69, 9.17) is 15.3 Å². The van der Waals surface area contributed by atoms with E-state index in [1.54, 1.807) is 18.9 Å². The number of nitrogens with two attached hydrogens (primary N) is 1. The van der Waals surface area contributed by atoms with E-state index in [0.29, 0.717) is 0 Å². The summed E-state index contributed by atoms with van der Waals surface area (Å²) in [5, 5.41) is 2.27. The van der Waals surface area contributed by atoms with Crippen LogP contribution in [0.15, 0.2) is 78.6 Å². The zero-order chi connectivity index (χ0) is 20.7. The molecule has 0 radical (unpaired) electrons. The smallest absolute Gasteiger partial charge is 0.126 e. The summed E-state index contributed by atoms with van der Waals surface area (Å²) in [5.41, 5.74) is 6.61. The lowest BCUT2D eigenvalue weighted by Gasteiger charge is -2.15. The molecule has 0 unspecified atom stereocenters. The number of methoxy groups -OCH3 is 2. The van der Waals surface area contributed by atoms with E-state index >= 15 is 0 Å². The fourth-order valence-corrected chi connectivity index (χ4v) is 4.41. The van der Waals surface area contributed by atoms with E-state index in [1.165, 1.54) is 11.1 Å². The Morgan fingerprint density at radius 2 is 1.53 bits per heavy atom. The Morgan fingerprint density at radius 3 is 2.27 bits per heavy atom. The van der Waals surface area contributed by atoms with Crippen molar-refractivity contribution in [3.8, 4) is 16.9 Å². The van der Waals surface area contributed by atoms with E-state index in [2.05, 4.69) is 54.6 Å². The maximum absolute atomic E-state index is 6.45. The van der Waals surface area contributed by atoms with Gasteiger partial charge in [-0.05, 0) is 60.4 Å². The molecule has 0 aliphatic heterocycles. The molecule has 1 heterocycles. The molecule has 30 heavy (non-hydrogen) atoms. The molecule has 4 heteroatoms. The summed E-state index contributed by atoms with van der Waals surface area (Å²) in [6.45, 7) is 0. The van der Waals surface area contributed by atoms with E-state index in [1.807, 2.05) is 18.2 Å². The van der Waals surface area contributed by atoms with Crippen LogP contribution in [0.3, 0.4) is 0 Å². The molecule has 4 aromatic rings. The second-order valence-corrected chi connectivity index (χ2v) is 7.52. The van der Waals surface area contributed by atoms with Gasteiger partial charge in [-0.2, -0.15) is 0 Å². The van der Waals surface area contributed by atoms with Crippen LogP contribution in [0.4, 0.5) is 0 Å². The monoisotopic (exact) mass is 396 g/mol. The summed E-state index contributed by atoms with van der Waals surface area (Å²) in [7, 11) is 3.43. The van der Waals surface area contributed by atoms with Crippen LogP contribution in [-0.4, -0.2) is 18.9 Å². The summed E-state index contributed by atoms with van der Waals surface area (Å²) in [4.78, 5) is 0. The predicted octanol–water partition coefficient (Wildman–Crippen LogP) is 5.89. The lowest BCUT2D eigenvalue weighted by atomic mass is 9.94. The highest BCUT2D eigenvalue weighted by Crippen LogP contribution is 2.37. The zero-order valence-corrected chi connectivity index (χ0v) is 17.2. The molecule has 0 saturated carbocycles. The molecule has 4 nitrogen and oxygen atoms in total. The van der Waals surface area contributed by atoms with Crippen LogP contribution < -0.4 is 10.6 Å². The van der Waals surface area contributed by atoms with Crippen LogP contribution >= 0.6 is 0 Å². The largest absolute Gasteiger partial charge is 0.496 e. The fraction of sp³-hybridized carbons (Fsp3) is 0.154. The van der Waals surface area contributed by atoms with Crippen LogP contribution in [0.1, 0.15) is 18.4 Å². The van der Waals surface area contributed by atoms with Gasteiger partial charge in [-0.25, -0.2) is 0 Å². The molecule has 1 aliphatic rings. The van der Waals surface area contributed by atoms with Crippen LogP contribution in [0, 0.1) is 0 Å². The molecule has 1 aromatic heterocycles. The van der Waals surface area contributed by atoms with Gasteiger partial charge in [-0.15, -0.1) is 0 Å². The number of hydrogen-bond acceptors (Lipinski definition) is 3. The third-order valence-electron chi connectivity index (χ3n) is 5.92. The van der Waals surface area contributed by atoms with Crippen molar-refractivity contribution in [2.45, 2.75) is 12.8 Å². The summed E-state index contributed by atoms with van der Waals surface area (Å²) in [6, 6.07) is 20.9. The molecule has 1 aliphatic carbocycles. The van der Waals surface area contributed by atoms with Gasteiger partial charge in [0.2, 0.25) is 0 Å². The molecule has 2 N–H and O–H groups in total. The molecule has 5 rings (SSSR count). The third kappa shape index (κ3) is 2.84. The van der Waals surface area contributed by atoms with Gasteiger partial charge >= 0.3 is 0 Å². The third-order valence-corrected chi connectivity index (χ3v) is 5.92. The average molecular weight is 396 g/mol.